The van der Waals surface area contributed by atoms with E-state index in [4.69, 9.17) is 4.74 Å². The minimum atomic E-state index is 0.360. The van der Waals surface area contributed by atoms with E-state index in [1.54, 1.807) is 0 Å². The third kappa shape index (κ3) is 2.08. The number of rotatable bonds is 3. The van der Waals surface area contributed by atoms with E-state index in [0.717, 1.165) is 38.4 Å². The van der Waals surface area contributed by atoms with Crippen LogP contribution in [-0.2, 0) is 4.74 Å². The van der Waals surface area contributed by atoms with Crippen molar-refractivity contribution in [1.29, 1.82) is 0 Å². The molecule has 1 fully saturated rings. The Labute approximate surface area is 117 Å². The maximum atomic E-state index is 5.44. The highest BCUT2D eigenvalue weighted by Crippen LogP contribution is 2.27. The van der Waals surface area contributed by atoms with E-state index in [-0.39, 0.29) is 0 Å². The number of hydrogen-bond donors (Lipinski definition) is 1. The molecule has 20 heavy (non-hydrogen) atoms. The summed E-state index contributed by atoms with van der Waals surface area (Å²) >= 11 is 0. The molecule has 0 spiro atoms. The van der Waals surface area contributed by atoms with E-state index in [1.165, 1.54) is 10.9 Å². The van der Waals surface area contributed by atoms with Crippen molar-refractivity contribution in [3.63, 3.8) is 0 Å². The van der Waals surface area contributed by atoms with Crippen LogP contribution in [0.3, 0.4) is 0 Å². The van der Waals surface area contributed by atoms with Gasteiger partial charge < -0.3 is 9.72 Å². The summed E-state index contributed by atoms with van der Waals surface area (Å²) in [5.41, 5.74) is 2.27. The fraction of sp³-hybridized carbons (Fsp3) is 0.467. The Morgan fingerprint density at radius 1 is 1.40 bits per heavy atom. The van der Waals surface area contributed by atoms with Gasteiger partial charge in [0, 0.05) is 55.5 Å². The van der Waals surface area contributed by atoms with Gasteiger partial charge in [-0.1, -0.05) is 0 Å². The van der Waals surface area contributed by atoms with Gasteiger partial charge >= 0.3 is 0 Å². The van der Waals surface area contributed by atoms with Crippen LogP contribution in [0.5, 0.6) is 0 Å². The minimum absolute atomic E-state index is 0.360. The van der Waals surface area contributed by atoms with Crippen LogP contribution in [0.2, 0.25) is 0 Å². The van der Waals surface area contributed by atoms with E-state index in [1.807, 2.05) is 12.4 Å². The number of ether oxygens (including phenoxy) is 1. The summed E-state index contributed by atoms with van der Waals surface area (Å²) in [6, 6.07) is 4.20. The molecular formula is C15H18N4O. The topological polar surface area (TPSA) is 53.5 Å². The molecule has 0 aliphatic carbocycles. The maximum absolute atomic E-state index is 5.44. The molecular weight excluding hydrogens is 252 g/mol. The van der Waals surface area contributed by atoms with Crippen LogP contribution >= 0.6 is 0 Å². The normalized spacial score (nSPS) is 25.9. The molecule has 104 valence electrons. The maximum Gasteiger partial charge on any atom is 0.137 e. The Balaban J connectivity index is 1.50. The van der Waals surface area contributed by atoms with E-state index in [9.17, 15) is 0 Å². The number of aromatic amines is 1. The van der Waals surface area contributed by atoms with Crippen molar-refractivity contribution >= 4 is 17.2 Å². The number of hydrazone groups is 1. The summed E-state index contributed by atoms with van der Waals surface area (Å²) in [6.45, 7) is 3.75. The molecule has 5 nitrogen and oxygen atoms in total. The second-order valence-electron chi connectivity index (χ2n) is 5.61. The zero-order valence-electron chi connectivity index (χ0n) is 11.3. The third-order valence-electron chi connectivity index (χ3n) is 4.20. The molecule has 0 saturated carbocycles. The lowest BCUT2D eigenvalue weighted by molar-refractivity contribution is 0.171. The van der Waals surface area contributed by atoms with Crippen LogP contribution in [0.15, 0.2) is 29.6 Å². The second kappa shape index (κ2) is 4.90. The van der Waals surface area contributed by atoms with Gasteiger partial charge in [-0.3, -0.25) is 5.01 Å². The first kappa shape index (κ1) is 11.9. The van der Waals surface area contributed by atoms with Gasteiger partial charge in [-0.15, -0.1) is 0 Å². The predicted molar refractivity (Wildman–Crippen MR) is 77.8 cm³/mol. The summed E-state index contributed by atoms with van der Waals surface area (Å²) in [5.74, 6) is 0.995. The van der Waals surface area contributed by atoms with Gasteiger partial charge in [0.2, 0.25) is 0 Å². The van der Waals surface area contributed by atoms with Crippen molar-refractivity contribution < 1.29 is 4.74 Å². The summed E-state index contributed by atoms with van der Waals surface area (Å²) in [5, 5.41) is 7.96. The van der Waals surface area contributed by atoms with Crippen LogP contribution in [0.1, 0.15) is 17.9 Å². The number of nitrogens with zero attached hydrogens (tertiary/aromatic N) is 3. The highest BCUT2D eigenvalue weighted by Gasteiger charge is 2.25. The number of aromatic nitrogens is 2. The Bertz CT molecular complexity index is 630. The van der Waals surface area contributed by atoms with E-state index >= 15 is 0 Å². The molecule has 2 aliphatic heterocycles. The standard InChI is InChI=1S/C15H18N4O/c1-4-16-15-14(2-5-17-15)13(1)12-7-18-19(9-12)8-11-3-6-20-10-11/h1-2,4-5,7,11-12H,3,6,8-10H2,(H,16,17). The van der Waals surface area contributed by atoms with Crippen molar-refractivity contribution in [1.82, 2.24) is 15.0 Å². The second-order valence-corrected chi connectivity index (χ2v) is 5.61. The number of H-pyrrole nitrogens is 1. The molecule has 2 aromatic rings. The van der Waals surface area contributed by atoms with Crippen molar-refractivity contribution in [2.75, 3.05) is 26.3 Å². The van der Waals surface area contributed by atoms with Gasteiger partial charge in [-0.2, -0.15) is 5.10 Å². The first-order valence-electron chi connectivity index (χ1n) is 7.19. The van der Waals surface area contributed by atoms with Crippen LogP contribution in [0.25, 0.3) is 11.0 Å². The molecule has 2 unspecified atom stereocenters. The summed E-state index contributed by atoms with van der Waals surface area (Å²) < 4.78 is 5.44. The number of hydrogen-bond acceptors (Lipinski definition) is 4. The average Bonchev–Trinajstić information content (AvgIpc) is 3.19. The van der Waals surface area contributed by atoms with Crippen molar-refractivity contribution in [3.05, 3.63) is 30.1 Å². The lowest BCUT2D eigenvalue weighted by Crippen LogP contribution is -2.25. The number of fused-ring (bicyclic) bond motifs is 1. The van der Waals surface area contributed by atoms with Crippen LogP contribution in [0, 0.1) is 5.92 Å². The molecule has 2 atom stereocenters. The first-order chi connectivity index (χ1) is 9.90. The molecule has 2 aliphatic rings. The molecule has 1 saturated heterocycles. The largest absolute Gasteiger partial charge is 0.381 e. The van der Waals surface area contributed by atoms with Crippen LogP contribution in [-0.4, -0.2) is 47.5 Å². The first-order valence-corrected chi connectivity index (χ1v) is 7.19. The minimum Gasteiger partial charge on any atom is -0.381 e. The Hall–Kier alpha value is -1.88. The quantitative estimate of drug-likeness (QED) is 0.928. The average molecular weight is 270 g/mol. The summed E-state index contributed by atoms with van der Waals surface area (Å²) in [6.07, 6.45) is 7.04. The van der Waals surface area contributed by atoms with Crippen molar-refractivity contribution in [2.24, 2.45) is 11.0 Å². The Morgan fingerprint density at radius 3 is 3.30 bits per heavy atom. The zero-order valence-corrected chi connectivity index (χ0v) is 11.3. The number of nitrogens with one attached hydrogen (secondary N) is 1. The Morgan fingerprint density at radius 2 is 2.40 bits per heavy atom. The van der Waals surface area contributed by atoms with Crippen LogP contribution in [0.4, 0.5) is 0 Å². The smallest absolute Gasteiger partial charge is 0.137 e. The van der Waals surface area contributed by atoms with Gasteiger partial charge in [-0.05, 0) is 24.1 Å². The van der Waals surface area contributed by atoms with Gasteiger partial charge in [0.1, 0.15) is 5.65 Å². The van der Waals surface area contributed by atoms with Crippen molar-refractivity contribution in [3.8, 4) is 0 Å². The van der Waals surface area contributed by atoms with Crippen LogP contribution < -0.4 is 0 Å². The van der Waals surface area contributed by atoms with Gasteiger partial charge in [-0.25, -0.2) is 4.98 Å². The fourth-order valence-corrected chi connectivity index (χ4v) is 3.13. The molecule has 4 heterocycles. The molecule has 5 heteroatoms. The van der Waals surface area contributed by atoms with E-state index < -0.39 is 0 Å². The van der Waals surface area contributed by atoms with Crippen molar-refractivity contribution in [2.45, 2.75) is 12.3 Å². The SMILES string of the molecule is C1=NN(CC2CCOC2)CC1c1ccnc2[nH]ccc12. The van der Waals surface area contributed by atoms with E-state index in [2.05, 4.69) is 38.4 Å². The van der Waals surface area contributed by atoms with Gasteiger partial charge in [0.25, 0.3) is 0 Å². The molecule has 4 rings (SSSR count). The lowest BCUT2D eigenvalue weighted by Gasteiger charge is -2.19. The van der Waals surface area contributed by atoms with Gasteiger partial charge in [0.05, 0.1) is 6.61 Å². The lowest BCUT2D eigenvalue weighted by atomic mass is 9.99. The highest BCUT2D eigenvalue weighted by atomic mass is 16.5. The molecule has 0 amide bonds. The molecule has 1 N–H and O–H groups in total. The molecule has 2 aromatic heterocycles. The highest BCUT2D eigenvalue weighted by molar-refractivity contribution is 5.85. The van der Waals surface area contributed by atoms with E-state index in [0.29, 0.717) is 11.8 Å². The zero-order chi connectivity index (χ0) is 13.4. The third-order valence-corrected chi connectivity index (χ3v) is 4.20. The molecule has 0 aromatic carbocycles. The fourth-order valence-electron chi connectivity index (χ4n) is 3.13. The Kier molecular flexibility index (Phi) is 2.92. The monoisotopic (exact) mass is 270 g/mol. The molecule has 0 radical (unpaired) electrons. The van der Waals surface area contributed by atoms with Gasteiger partial charge in [0.15, 0.2) is 0 Å². The summed E-state index contributed by atoms with van der Waals surface area (Å²) in [4.78, 5) is 7.51. The summed E-state index contributed by atoms with van der Waals surface area (Å²) in [7, 11) is 0. The number of pyridine rings is 1. The molecule has 0 bridgehead atoms. The predicted octanol–water partition coefficient (Wildman–Crippen LogP) is 1.98.